The van der Waals surface area contributed by atoms with Crippen LogP contribution in [0.15, 0.2) is 55.0 Å². The van der Waals surface area contributed by atoms with Gasteiger partial charge < -0.3 is 5.32 Å². The molecule has 0 unspecified atom stereocenters. The topological polar surface area (TPSA) is 55.1 Å². The number of pyridine rings is 1. The van der Waals surface area contributed by atoms with E-state index in [2.05, 4.69) is 20.3 Å². The fourth-order valence-electron chi connectivity index (χ4n) is 2.87. The molecule has 0 aliphatic carbocycles. The van der Waals surface area contributed by atoms with E-state index in [0.717, 1.165) is 28.8 Å². The Bertz CT molecular complexity index is 1200. The van der Waals surface area contributed by atoms with Gasteiger partial charge in [0.05, 0.1) is 18.0 Å². The number of nitrogens with one attached hydrogen (secondary N) is 1. The Morgan fingerprint density at radius 2 is 1.67 bits per heavy atom. The van der Waals surface area contributed by atoms with Crippen LogP contribution in [0.2, 0.25) is 0 Å². The quantitative estimate of drug-likeness (QED) is 0.432. The standard InChI is InChI=1S/C19H11F6N5/c20-11-3-6-15-29-16(18(21)22)17(30(15)9-11)13-7-26-8-14(28-13)27-12-4-1-10(2-5-12)19(23,24)25/h1-9,18H,(H,27,28). The monoisotopic (exact) mass is 423 g/mol. The van der Waals surface area contributed by atoms with E-state index in [1.54, 1.807) is 0 Å². The van der Waals surface area contributed by atoms with Crippen molar-refractivity contribution in [1.82, 2.24) is 19.4 Å². The maximum absolute atomic E-state index is 13.7. The van der Waals surface area contributed by atoms with Crippen molar-refractivity contribution >= 4 is 17.2 Å². The highest BCUT2D eigenvalue weighted by atomic mass is 19.4. The largest absolute Gasteiger partial charge is 0.416 e. The van der Waals surface area contributed by atoms with Crippen molar-refractivity contribution < 1.29 is 26.3 Å². The minimum Gasteiger partial charge on any atom is -0.339 e. The van der Waals surface area contributed by atoms with E-state index in [4.69, 9.17) is 0 Å². The highest BCUT2D eigenvalue weighted by Gasteiger charge is 2.30. The minimum absolute atomic E-state index is 0.0136. The number of aromatic nitrogens is 4. The van der Waals surface area contributed by atoms with Crippen LogP contribution in [0.3, 0.4) is 0 Å². The number of halogens is 6. The first-order valence-electron chi connectivity index (χ1n) is 8.45. The van der Waals surface area contributed by atoms with Gasteiger partial charge in [-0.1, -0.05) is 0 Å². The number of hydrogen-bond donors (Lipinski definition) is 1. The number of hydrogen-bond acceptors (Lipinski definition) is 4. The van der Waals surface area contributed by atoms with Gasteiger partial charge in [0.25, 0.3) is 6.43 Å². The molecule has 0 amide bonds. The molecule has 3 heterocycles. The van der Waals surface area contributed by atoms with Crippen LogP contribution in [0.5, 0.6) is 0 Å². The number of fused-ring (bicyclic) bond motifs is 1. The molecule has 154 valence electrons. The van der Waals surface area contributed by atoms with Crippen LogP contribution in [-0.4, -0.2) is 19.4 Å². The predicted molar refractivity (Wildman–Crippen MR) is 95.9 cm³/mol. The van der Waals surface area contributed by atoms with Gasteiger partial charge in [0.1, 0.15) is 34.4 Å². The summed E-state index contributed by atoms with van der Waals surface area (Å²) in [5.41, 5.74) is -1.18. The van der Waals surface area contributed by atoms with Gasteiger partial charge in [-0.15, -0.1) is 0 Å². The van der Waals surface area contributed by atoms with Crippen LogP contribution in [0.4, 0.5) is 37.8 Å². The number of benzene rings is 1. The summed E-state index contributed by atoms with van der Waals surface area (Å²) >= 11 is 0. The average molecular weight is 423 g/mol. The number of imidazole rings is 1. The van der Waals surface area contributed by atoms with Crippen LogP contribution >= 0.6 is 0 Å². The molecule has 0 aliphatic heterocycles. The third kappa shape index (κ3) is 3.78. The molecule has 30 heavy (non-hydrogen) atoms. The summed E-state index contributed by atoms with van der Waals surface area (Å²) in [6, 6.07) is 6.53. The molecule has 0 aliphatic rings. The second kappa shape index (κ2) is 7.32. The predicted octanol–water partition coefficient (Wildman–Crippen LogP) is 5.63. The maximum atomic E-state index is 13.7. The van der Waals surface area contributed by atoms with E-state index in [0.29, 0.717) is 0 Å². The Balaban J connectivity index is 1.72. The zero-order valence-electron chi connectivity index (χ0n) is 14.8. The van der Waals surface area contributed by atoms with Gasteiger partial charge >= 0.3 is 6.18 Å². The first kappa shape index (κ1) is 19.7. The third-order valence-electron chi connectivity index (χ3n) is 4.18. The summed E-state index contributed by atoms with van der Waals surface area (Å²) in [5, 5.41) is 2.76. The molecule has 0 bridgehead atoms. The van der Waals surface area contributed by atoms with Crippen molar-refractivity contribution in [2.24, 2.45) is 0 Å². The summed E-state index contributed by atoms with van der Waals surface area (Å²) in [6.45, 7) is 0. The minimum atomic E-state index is -4.47. The van der Waals surface area contributed by atoms with Crippen LogP contribution in [0, 0.1) is 5.82 Å². The molecule has 0 fully saturated rings. The summed E-state index contributed by atoms with van der Waals surface area (Å²) in [6.07, 6.45) is -3.94. The van der Waals surface area contributed by atoms with E-state index < -0.39 is 29.7 Å². The SMILES string of the molecule is Fc1ccc2nc(C(F)F)c(-c3cncc(Nc4ccc(C(F)(F)F)cc4)n3)n2c1. The van der Waals surface area contributed by atoms with Crippen molar-refractivity contribution in [3.8, 4) is 11.4 Å². The first-order chi connectivity index (χ1) is 14.2. The Morgan fingerprint density at radius 1 is 0.933 bits per heavy atom. The Morgan fingerprint density at radius 3 is 2.33 bits per heavy atom. The molecule has 1 N–H and O–H groups in total. The molecule has 0 radical (unpaired) electrons. The Kier molecular flexibility index (Phi) is 4.80. The lowest BCUT2D eigenvalue weighted by atomic mass is 10.2. The van der Waals surface area contributed by atoms with E-state index in [1.165, 1.54) is 30.6 Å². The van der Waals surface area contributed by atoms with Crippen molar-refractivity contribution in [1.29, 1.82) is 0 Å². The molecule has 0 saturated heterocycles. The molecule has 0 saturated carbocycles. The van der Waals surface area contributed by atoms with E-state index >= 15 is 0 Å². The maximum Gasteiger partial charge on any atom is 0.416 e. The van der Waals surface area contributed by atoms with Gasteiger partial charge in [-0.05, 0) is 36.4 Å². The summed E-state index contributed by atoms with van der Waals surface area (Å²) in [5.74, 6) is -0.562. The molecule has 4 rings (SSSR count). The first-order valence-corrected chi connectivity index (χ1v) is 8.45. The van der Waals surface area contributed by atoms with Gasteiger partial charge in [-0.2, -0.15) is 13.2 Å². The summed E-state index contributed by atoms with van der Waals surface area (Å²) in [7, 11) is 0. The smallest absolute Gasteiger partial charge is 0.339 e. The second-order valence-electron chi connectivity index (χ2n) is 6.21. The molecule has 5 nitrogen and oxygen atoms in total. The molecular weight excluding hydrogens is 412 g/mol. The lowest BCUT2D eigenvalue weighted by Crippen LogP contribution is -2.04. The Labute approximate surface area is 165 Å². The molecule has 3 aromatic heterocycles. The van der Waals surface area contributed by atoms with Gasteiger partial charge in [0.15, 0.2) is 0 Å². The molecule has 0 spiro atoms. The number of nitrogens with zero attached hydrogens (tertiary/aromatic N) is 4. The summed E-state index contributed by atoms with van der Waals surface area (Å²) in [4.78, 5) is 12.0. The number of rotatable bonds is 4. The van der Waals surface area contributed by atoms with Crippen LogP contribution in [0.25, 0.3) is 17.0 Å². The van der Waals surface area contributed by atoms with Gasteiger partial charge in [0, 0.05) is 11.9 Å². The molecule has 11 heteroatoms. The van der Waals surface area contributed by atoms with Gasteiger partial charge in [-0.25, -0.2) is 23.1 Å². The van der Waals surface area contributed by atoms with E-state index in [9.17, 15) is 26.3 Å². The van der Waals surface area contributed by atoms with Crippen LogP contribution in [0.1, 0.15) is 17.7 Å². The van der Waals surface area contributed by atoms with Crippen LogP contribution in [-0.2, 0) is 6.18 Å². The Hall–Kier alpha value is -3.63. The molecule has 4 aromatic rings. The van der Waals surface area contributed by atoms with Crippen LogP contribution < -0.4 is 5.32 Å². The van der Waals surface area contributed by atoms with Crippen molar-refractivity contribution in [3.05, 3.63) is 72.1 Å². The lowest BCUT2D eigenvalue weighted by Gasteiger charge is -2.10. The average Bonchev–Trinajstić information content (AvgIpc) is 3.07. The fourth-order valence-corrected chi connectivity index (χ4v) is 2.87. The lowest BCUT2D eigenvalue weighted by molar-refractivity contribution is -0.137. The van der Waals surface area contributed by atoms with Gasteiger partial charge in [-0.3, -0.25) is 9.38 Å². The molecular formula is C19H11F6N5. The van der Waals surface area contributed by atoms with Gasteiger partial charge in [0.2, 0.25) is 0 Å². The molecule has 1 aromatic carbocycles. The number of alkyl halides is 5. The zero-order valence-corrected chi connectivity index (χ0v) is 14.8. The van der Waals surface area contributed by atoms with E-state index in [1.807, 2.05) is 0 Å². The van der Waals surface area contributed by atoms with Crippen molar-refractivity contribution in [2.45, 2.75) is 12.6 Å². The van der Waals surface area contributed by atoms with Crippen molar-refractivity contribution in [2.75, 3.05) is 5.32 Å². The third-order valence-corrected chi connectivity index (χ3v) is 4.18. The fraction of sp³-hybridized carbons (Fsp3) is 0.105. The highest BCUT2D eigenvalue weighted by molar-refractivity contribution is 5.66. The second-order valence-corrected chi connectivity index (χ2v) is 6.21. The van der Waals surface area contributed by atoms with Crippen molar-refractivity contribution in [3.63, 3.8) is 0 Å². The normalized spacial score (nSPS) is 12.0. The highest BCUT2D eigenvalue weighted by Crippen LogP contribution is 2.32. The number of anilines is 2. The summed E-state index contributed by atoms with van der Waals surface area (Å²) < 4.78 is 79.8. The van der Waals surface area contributed by atoms with E-state index in [-0.39, 0.29) is 28.5 Å². The molecule has 0 atom stereocenters. The zero-order chi connectivity index (χ0) is 21.5.